The van der Waals surface area contributed by atoms with Gasteiger partial charge in [-0.15, -0.1) is 0 Å². The molecule has 0 amide bonds. The number of aromatic nitrogens is 3. The van der Waals surface area contributed by atoms with E-state index in [1.54, 1.807) is 19.3 Å². The Labute approximate surface area is 237 Å². The molecule has 1 aromatic carbocycles. The average Bonchev–Trinajstić information content (AvgIpc) is 3.54. The van der Waals surface area contributed by atoms with Crippen LogP contribution in [0.1, 0.15) is 30.5 Å². The maximum Gasteiger partial charge on any atom is 0.319 e. The van der Waals surface area contributed by atoms with Gasteiger partial charge in [0.2, 0.25) is 0 Å². The molecule has 3 atom stereocenters. The van der Waals surface area contributed by atoms with Crippen molar-refractivity contribution < 1.29 is 23.7 Å². The number of rotatable bonds is 6. The standard InChI is InChI=1S/C31H31F2N5O3/c1-36-16-7-9-22(36)20-41-30-34-27(23-14-18-37(2)28(23)35-30)11-5-4-6-15-31(40,24-10-8-17-38(3)29(24)39)25-19-21(32)12-13-26(25)33/h8,10,12-14,17-19,22,29,39-40H,7,9,15-16,20H2,1-3H3/t22-,29?,31?/m1/s1. The summed E-state index contributed by atoms with van der Waals surface area (Å²) in [6.07, 6.45) is 7.09. The van der Waals surface area contributed by atoms with Crippen LogP contribution in [0.15, 0.2) is 54.4 Å². The highest BCUT2D eigenvalue weighted by molar-refractivity contribution is 5.82. The van der Waals surface area contributed by atoms with Crippen LogP contribution in [-0.4, -0.2) is 74.1 Å². The molecule has 0 aliphatic carbocycles. The molecule has 3 aromatic rings. The number of likely N-dealkylation sites (tertiary alicyclic amines) is 1. The first-order chi connectivity index (χ1) is 19.7. The van der Waals surface area contributed by atoms with Gasteiger partial charge in [-0.25, -0.2) is 8.78 Å². The molecule has 8 nitrogen and oxygen atoms in total. The fourth-order valence-corrected chi connectivity index (χ4v) is 5.13. The fraction of sp³-hybridized carbons (Fsp3) is 0.355. The second-order valence-corrected chi connectivity index (χ2v) is 10.3. The van der Waals surface area contributed by atoms with E-state index >= 15 is 0 Å². The minimum atomic E-state index is -2.12. The van der Waals surface area contributed by atoms with Crippen LogP contribution >= 0.6 is 0 Å². The molecule has 0 radical (unpaired) electrons. The highest BCUT2D eigenvalue weighted by Gasteiger charge is 2.40. The van der Waals surface area contributed by atoms with E-state index in [4.69, 9.17) is 4.74 Å². The molecule has 2 aromatic heterocycles. The van der Waals surface area contributed by atoms with E-state index in [0.29, 0.717) is 24.0 Å². The van der Waals surface area contributed by atoms with E-state index in [0.717, 1.165) is 43.0 Å². The Hall–Kier alpha value is -4.22. The van der Waals surface area contributed by atoms with Crippen LogP contribution < -0.4 is 4.74 Å². The second kappa shape index (κ2) is 11.7. The molecule has 10 heteroatoms. The van der Waals surface area contributed by atoms with Crippen LogP contribution in [0.5, 0.6) is 6.01 Å². The number of fused-ring (bicyclic) bond motifs is 1. The molecule has 0 saturated carbocycles. The Morgan fingerprint density at radius 2 is 1.98 bits per heavy atom. The number of likely N-dealkylation sites (N-methyl/N-ethyl adjacent to an activating group) is 2. The van der Waals surface area contributed by atoms with E-state index in [9.17, 15) is 19.0 Å². The number of hydrogen-bond acceptors (Lipinski definition) is 7. The van der Waals surface area contributed by atoms with Gasteiger partial charge in [0.05, 0.1) is 5.39 Å². The van der Waals surface area contributed by atoms with Crippen molar-refractivity contribution in [2.24, 2.45) is 7.05 Å². The number of halogens is 2. The lowest BCUT2D eigenvalue weighted by molar-refractivity contribution is 0.00704. The van der Waals surface area contributed by atoms with Gasteiger partial charge in [0, 0.05) is 50.1 Å². The van der Waals surface area contributed by atoms with Gasteiger partial charge in [-0.05, 0) is 74.5 Å². The van der Waals surface area contributed by atoms with Gasteiger partial charge >= 0.3 is 6.01 Å². The number of aliphatic hydroxyl groups excluding tert-OH is 1. The van der Waals surface area contributed by atoms with Gasteiger partial charge in [0.15, 0.2) is 6.23 Å². The van der Waals surface area contributed by atoms with Crippen molar-refractivity contribution in [2.45, 2.75) is 37.1 Å². The zero-order valence-electron chi connectivity index (χ0n) is 23.1. The summed E-state index contributed by atoms with van der Waals surface area (Å²) in [5.74, 6) is 9.60. The smallest absolute Gasteiger partial charge is 0.319 e. The van der Waals surface area contributed by atoms with Gasteiger partial charge in [-0.2, -0.15) is 9.97 Å². The van der Waals surface area contributed by atoms with E-state index in [2.05, 4.69) is 45.6 Å². The number of ether oxygens (including phenoxy) is 1. The maximum atomic E-state index is 14.8. The Morgan fingerprint density at radius 1 is 1.15 bits per heavy atom. The summed E-state index contributed by atoms with van der Waals surface area (Å²) in [7, 11) is 5.54. The summed E-state index contributed by atoms with van der Waals surface area (Å²) < 4.78 is 36.7. The SMILES string of the molecule is CN1C=CC=C(C(O)(CC#CC#Cc2nc(OC[C@H]3CCCN3C)nc3c2ccn3C)c2cc(F)ccc2F)C1O. The van der Waals surface area contributed by atoms with Crippen molar-refractivity contribution in [1.82, 2.24) is 24.3 Å². The molecule has 5 rings (SSSR count). The van der Waals surface area contributed by atoms with Gasteiger partial charge in [0.25, 0.3) is 0 Å². The van der Waals surface area contributed by atoms with Gasteiger partial charge < -0.3 is 29.3 Å². The lowest BCUT2D eigenvalue weighted by atomic mass is 9.81. The van der Waals surface area contributed by atoms with E-state index < -0.39 is 23.5 Å². The van der Waals surface area contributed by atoms with Crippen molar-refractivity contribution in [2.75, 3.05) is 27.2 Å². The third kappa shape index (κ3) is 5.82. The topological polar surface area (TPSA) is 86.9 Å². The summed E-state index contributed by atoms with van der Waals surface area (Å²) in [4.78, 5) is 12.7. The summed E-state index contributed by atoms with van der Waals surface area (Å²) in [6, 6.07) is 5.19. The lowest BCUT2D eigenvalue weighted by Crippen LogP contribution is -2.42. The van der Waals surface area contributed by atoms with Crippen LogP contribution in [0, 0.1) is 35.3 Å². The summed E-state index contributed by atoms with van der Waals surface area (Å²) in [5.41, 5.74) is -1.28. The first-order valence-electron chi connectivity index (χ1n) is 13.3. The van der Waals surface area contributed by atoms with E-state index in [1.165, 1.54) is 11.0 Å². The predicted octanol–water partition coefficient (Wildman–Crippen LogP) is 3.06. The molecular weight excluding hydrogens is 528 g/mol. The zero-order valence-corrected chi connectivity index (χ0v) is 23.1. The molecule has 2 N–H and O–H groups in total. The normalized spacial score (nSPS) is 20.2. The Bertz CT molecular complexity index is 1640. The molecule has 2 unspecified atom stereocenters. The van der Waals surface area contributed by atoms with Crippen LogP contribution in [0.4, 0.5) is 8.78 Å². The third-order valence-corrected chi connectivity index (χ3v) is 7.57. The third-order valence-electron chi connectivity index (χ3n) is 7.57. The highest BCUT2D eigenvalue weighted by atomic mass is 19.1. The van der Waals surface area contributed by atoms with Crippen molar-refractivity contribution >= 4 is 11.0 Å². The number of aryl methyl sites for hydroxylation is 1. The highest BCUT2D eigenvalue weighted by Crippen LogP contribution is 2.38. The minimum absolute atomic E-state index is 0.0609. The van der Waals surface area contributed by atoms with Gasteiger partial charge in [0.1, 0.15) is 35.2 Å². The van der Waals surface area contributed by atoms with Gasteiger partial charge in [-0.1, -0.05) is 12.0 Å². The summed E-state index contributed by atoms with van der Waals surface area (Å²) in [5, 5.41) is 23.1. The van der Waals surface area contributed by atoms with E-state index in [1.807, 2.05) is 23.9 Å². The molecule has 41 heavy (non-hydrogen) atoms. The second-order valence-electron chi connectivity index (χ2n) is 10.3. The largest absolute Gasteiger partial charge is 0.462 e. The number of nitrogens with zero attached hydrogens (tertiary/aromatic N) is 5. The number of hydrogen-bond donors (Lipinski definition) is 2. The Morgan fingerprint density at radius 3 is 2.76 bits per heavy atom. The van der Waals surface area contributed by atoms with Crippen molar-refractivity contribution in [3.8, 4) is 29.7 Å². The molecular formula is C31H31F2N5O3. The first-order valence-corrected chi connectivity index (χ1v) is 13.3. The number of aliphatic hydroxyl groups is 2. The molecule has 4 heterocycles. The van der Waals surface area contributed by atoms with Crippen LogP contribution in [-0.2, 0) is 12.6 Å². The lowest BCUT2D eigenvalue weighted by Gasteiger charge is -2.37. The molecule has 2 aliphatic heterocycles. The first kappa shape index (κ1) is 28.3. The van der Waals surface area contributed by atoms with Crippen molar-refractivity contribution in [3.05, 3.63) is 77.3 Å². The Balaban J connectivity index is 1.43. The van der Waals surface area contributed by atoms with Crippen LogP contribution in [0.25, 0.3) is 11.0 Å². The molecule has 0 bridgehead atoms. The van der Waals surface area contributed by atoms with E-state index in [-0.39, 0.29) is 23.6 Å². The fourth-order valence-electron chi connectivity index (χ4n) is 5.13. The minimum Gasteiger partial charge on any atom is -0.462 e. The quantitative estimate of drug-likeness (QED) is 0.449. The summed E-state index contributed by atoms with van der Waals surface area (Å²) >= 11 is 0. The average molecular weight is 560 g/mol. The Kier molecular flexibility index (Phi) is 8.09. The molecule has 212 valence electrons. The van der Waals surface area contributed by atoms with Crippen LogP contribution in [0.2, 0.25) is 0 Å². The molecule has 1 saturated heterocycles. The molecule has 1 fully saturated rings. The number of allylic oxidation sites excluding steroid dienone is 2. The monoisotopic (exact) mass is 559 g/mol. The van der Waals surface area contributed by atoms with Crippen molar-refractivity contribution in [3.63, 3.8) is 0 Å². The summed E-state index contributed by atoms with van der Waals surface area (Å²) in [6.45, 7) is 1.51. The van der Waals surface area contributed by atoms with Crippen LogP contribution in [0.3, 0.4) is 0 Å². The predicted molar refractivity (Wildman–Crippen MR) is 150 cm³/mol. The number of benzene rings is 1. The maximum absolute atomic E-state index is 14.8. The zero-order chi connectivity index (χ0) is 29.1. The molecule has 2 aliphatic rings. The molecule has 0 spiro atoms. The van der Waals surface area contributed by atoms with Crippen molar-refractivity contribution in [1.29, 1.82) is 0 Å². The van der Waals surface area contributed by atoms with Gasteiger partial charge in [-0.3, -0.25) is 0 Å².